The van der Waals surface area contributed by atoms with E-state index in [9.17, 15) is 4.39 Å². The van der Waals surface area contributed by atoms with Crippen molar-refractivity contribution in [2.24, 2.45) is 0 Å². The smallest absolute Gasteiger partial charge is 0.261 e. The third-order valence-electron chi connectivity index (χ3n) is 4.38. The van der Waals surface area contributed by atoms with Crippen molar-refractivity contribution in [3.05, 3.63) is 73.3 Å². The number of benzene rings is 2. The number of alkyl halides is 1. The molecular weight excluding hydrogens is 315 g/mol. The van der Waals surface area contributed by atoms with Gasteiger partial charge in [-0.25, -0.2) is 4.39 Å². The van der Waals surface area contributed by atoms with Crippen LogP contribution in [0.25, 0.3) is 0 Å². The molecule has 2 aromatic rings. The van der Waals surface area contributed by atoms with Gasteiger partial charge in [0.1, 0.15) is 6.17 Å². The van der Waals surface area contributed by atoms with Crippen LogP contribution in [-0.4, -0.2) is 21.1 Å². The first-order chi connectivity index (χ1) is 11.4. The van der Waals surface area contributed by atoms with E-state index in [-0.39, 0.29) is 5.04 Å². The van der Waals surface area contributed by atoms with Crippen LogP contribution in [0.3, 0.4) is 0 Å². The second-order valence-corrected chi connectivity index (χ2v) is 11.4. The zero-order chi connectivity index (χ0) is 17.6. The Morgan fingerprint density at radius 1 is 1.00 bits per heavy atom. The highest BCUT2D eigenvalue weighted by atomic mass is 28.4. The van der Waals surface area contributed by atoms with Gasteiger partial charge in [-0.2, -0.15) is 0 Å². The van der Waals surface area contributed by atoms with Crippen LogP contribution in [0.5, 0.6) is 0 Å². The van der Waals surface area contributed by atoms with Crippen LogP contribution in [0, 0.1) is 0 Å². The molecule has 1 nitrogen and oxygen atoms in total. The average molecular weight is 343 g/mol. The summed E-state index contributed by atoms with van der Waals surface area (Å²) in [6, 6.07) is 20.8. The minimum Gasteiger partial charge on any atom is -0.407 e. The maximum atomic E-state index is 13.6. The lowest BCUT2D eigenvalue weighted by Gasteiger charge is -2.43. The minimum atomic E-state index is -2.53. The summed E-state index contributed by atoms with van der Waals surface area (Å²) in [4.78, 5) is 0. The van der Waals surface area contributed by atoms with E-state index in [0.29, 0.717) is 13.0 Å². The third-order valence-corrected chi connectivity index (χ3v) is 9.43. The first-order valence-corrected chi connectivity index (χ1v) is 10.3. The van der Waals surface area contributed by atoms with Gasteiger partial charge in [-0.05, 0) is 15.4 Å². The molecule has 0 heterocycles. The van der Waals surface area contributed by atoms with Gasteiger partial charge in [-0.3, -0.25) is 0 Å². The van der Waals surface area contributed by atoms with Crippen molar-refractivity contribution in [2.75, 3.05) is 6.61 Å². The summed E-state index contributed by atoms with van der Waals surface area (Å²) in [5.41, 5.74) is 0. The standard InChI is InChI=1S/C21H27FOSi/c1-5-18(22)16-17-23-24(21(2,3)4,19-12-8-6-9-13-19)20-14-10-7-11-15-20/h5-15,18H,1,16-17H2,2-4H3/t18-/m1/s1. The zero-order valence-corrected chi connectivity index (χ0v) is 15.8. The summed E-state index contributed by atoms with van der Waals surface area (Å²) in [6.07, 6.45) is 0.658. The lowest BCUT2D eigenvalue weighted by molar-refractivity contribution is 0.250. The molecule has 3 heteroatoms. The van der Waals surface area contributed by atoms with E-state index in [1.54, 1.807) is 0 Å². The monoisotopic (exact) mass is 342 g/mol. The molecule has 128 valence electrons. The largest absolute Gasteiger partial charge is 0.407 e. The fourth-order valence-corrected chi connectivity index (χ4v) is 7.78. The van der Waals surface area contributed by atoms with Crippen LogP contribution >= 0.6 is 0 Å². The quantitative estimate of drug-likeness (QED) is 0.532. The van der Waals surface area contributed by atoms with E-state index in [1.807, 2.05) is 12.1 Å². The molecule has 0 spiro atoms. The van der Waals surface area contributed by atoms with Gasteiger partial charge in [0.05, 0.1) is 0 Å². The van der Waals surface area contributed by atoms with Crippen molar-refractivity contribution in [1.29, 1.82) is 0 Å². The second kappa shape index (κ2) is 7.91. The Hall–Kier alpha value is -1.71. The Bertz CT molecular complexity index is 594. The predicted molar refractivity (Wildman–Crippen MR) is 103 cm³/mol. The van der Waals surface area contributed by atoms with Gasteiger partial charge >= 0.3 is 0 Å². The van der Waals surface area contributed by atoms with E-state index in [1.165, 1.54) is 16.4 Å². The molecule has 0 aliphatic rings. The van der Waals surface area contributed by atoms with Crippen LogP contribution in [0.1, 0.15) is 27.2 Å². The lowest BCUT2D eigenvalue weighted by atomic mass is 10.2. The molecule has 1 atom stereocenters. The maximum Gasteiger partial charge on any atom is 0.261 e. The van der Waals surface area contributed by atoms with E-state index < -0.39 is 14.5 Å². The average Bonchev–Trinajstić information content (AvgIpc) is 2.59. The molecule has 0 saturated heterocycles. The molecule has 0 amide bonds. The molecule has 2 aromatic carbocycles. The summed E-state index contributed by atoms with van der Waals surface area (Å²) in [5.74, 6) is 0. The van der Waals surface area contributed by atoms with Gasteiger partial charge in [0.25, 0.3) is 8.32 Å². The summed E-state index contributed by atoms with van der Waals surface area (Å²) in [5, 5.41) is 2.37. The summed E-state index contributed by atoms with van der Waals surface area (Å²) in [7, 11) is -2.53. The fourth-order valence-electron chi connectivity index (χ4n) is 3.20. The summed E-state index contributed by atoms with van der Waals surface area (Å²) >= 11 is 0. The number of hydrogen-bond donors (Lipinski definition) is 0. The van der Waals surface area contributed by atoms with Crippen LogP contribution in [-0.2, 0) is 4.43 Å². The van der Waals surface area contributed by atoms with Crippen LogP contribution in [0.4, 0.5) is 4.39 Å². The first kappa shape index (κ1) is 18.6. The molecule has 2 rings (SSSR count). The molecule has 0 unspecified atom stereocenters. The van der Waals surface area contributed by atoms with Gasteiger partial charge in [0, 0.05) is 13.0 Å². The number of halogens is 1. The van der Waals surface area contributed by atoms with Crippen molar-refractivity contribution in [2.45, 2.75) is 38.4 Å². The Kier molecular flexibility index (Phi) is 6.14. The first-order valence-electron chi connectivity index (χ1n) is 8.43. The Labute approximate surface area is 146 Å². The molecule has 24 heavy (non-hydrogen) atoms. The third kappa shape index (κ3) is 3.85. The fraction of sp³-hybridized carbons (Fsp3) is 0.333. The van der Waals surface area contributed by atoms with E-state index in [0.717, 1.165) is 0 Å². The van der Waals surface area contributed by atoms with Crippen molar-refractivity contribution >= 4 is 18.7 Å². The number of rotatable bonds is 7. The number of allylic oxidation sites excluding steroid dienone is 1. The molecule has 0 bridgehead atoms. The molecule has 0 fully saturated rings. The highest BCUT2D eigenvalue weighted by molar-refractivity contribution is 6.99. The van der Waals surface area contributed by atoms with Gasteiger partial charge in [-0.1, -0.05) is 87.5 Å². The van der Waals surface area contributed by atoms with E-state index in [2.05, 4.69) is 75.9 Å². The second-order valence-electron chi connectivity index (χ2n) is 7.05. The summed E-state index contributed by atoms with van der Waals surface area (Å²) < 4.78 is 20.2. The topological polar surface area (TPSA) is 9.23 Å². The van der Waals surface area contributed by atoms with Crippen molar-refractivity contribution < 1.29 is 8.82 Å². The number of hydrogen-bond acceptors (Lipinski definition) is 1. The van der Waals surface area contributed by atoms with Crippen molar-refractivity contribution in [1.82, 2.24) is 0 Å². The predicted octanol–water partition coefficient (Wildman–Crippen LogP) is 4.48. The zero-order valence-electron chi connectivity index (χ0n) is 14.8. The Balaban J connectivity index is 2.51. The molecule has 0 aromatic heterocycles. The SMILES string of the molecule is C=C[C@@H](F)CCO[Si](c1ccccc1)(c1ccccc1)C(C)(C)C. The van der Waals surface area contributed by atoms with Crippen LogP contribution < -0.4 is 10.4 Å². The highest BCUT2D eigenvalue weighted by Gasteiger charge is 2.49. The molecule has 0 radical (unpaired) electrons. The highest BCUT2D eigenvalue weighted by Crippen LogP contribution is 2.36. The molecular formula is C21H27FOSi. The molecule has 0 aliphatic heterocycles. The van der Waals surface area contributed by atoms with Gasteiger partial charge in [0.15, 0.2) is 0 Å². The maximum absolute atomic E-state index is 13.6. The van der Waals surface area contributed by atoms with Crippen LogP contribution in [0.2, 0.25) is 5.04 Å². The normalized spacial score (nSPS) is 13.5. The minimum absolute atomic E-state index is 0.0737. The Morgan fingerprint density at radius 3 is 1.83 bits per heavy atom. The van der Waals surface area contributed by atoms with Gasteiger partial charge in [0.2, 0.25) is 0 Å². The Morgan fingerprint density at radius 2 is 1.46 bits per heavy atom. The van der Waals surface area contributed by atoms with Gasteiger partial charge < -0.3 is 4.43 Å². The van der Waals surface area contributed by atoms with E-state index >= 15 is 0 Å². The molecule has 0 N–H and O–H groups in total. The van der Waals surface area contributed by atoms with E-state index in [4.69, 9.17) is 4.43 Å². The van der Waals surface area contributed by atoms with Crippen LogP contribution in [0.15, 0.2) is 73.3 Å². The summed E-state index contributed by atoms with van der Waals surface area (Å²) in [6.45, 7) is 10.6. The molecule has 0 aliphatic carbocycles. The lowest BCUT2D eigenvalue weighted by Crippen LogP contribution is -2.66. The van der Waals surface area contributed by atoms with Crippen molar-refractivity contribution in [3.63, 3.8) is 0 Å². The van der Waals surface area contributed by atoms with Crippen molar-refractivity contribution in [3.8, 4) is 0 Å². The molecule has 0 saturated carbocycles. The van der Waals surface area contributed by atoms with Gasteiger partial charge in [-0.15, -0.1) is 6.58 Å².